The van der Waals surface area contributed by atoms with Crippen LogP contribution in [0.25, 0.3) is 0 Å². The summed E-state index contributed by atoms with van der Waals surface area (Å²) in [5.41, 5.74) is 2.17. The van der Waals surface area contributed by atoms with Gasteiger partial charge in [-0.2, -0.15) is 0 Å². The molecular formula is C24H27ClN2O3. The number of nitrogens with zero attached hydrogens (tertiary/aromatic N) is 1. The standard InChI is InChI=1S/C24H27ClN2O3/c25-19-9-8-17(13-18(19)22(28)26-11-10-14-4-2-1-3-5-14)27-23(29)20-15-6-7-16(12-15)21(20)24(27)30/h4,8-9,13,15-16,20-21H,1-3,5-7,10-12H2,(H,26,28)/t15-,16-,20+,21+/m0/s1. The largest absolute Gasteiger partial charge is 0.352 e. The van der Waals surface area contributed by atoms with Crippen molar-refractivity contribution in [2.45, 2.75) is 51.4 Å². The van der Waals surface area contributed by atoms with Crippen molar-refractivity contribution in [2.24, 2.45) is 23.7 Å². The van der Waals surface area contributed by atoms with Gasteiger partial charge < -0.3 is 5.32 Å². The van der Waals surface area contributed by atoms with Gasteiger partial charge in [0.25, 0.3) is 5.91 Å². The van der Waals surface area contributed by atoms with Crippen molar-refractivity contribution in [3.63, 3.8) is 0 Å². The van der Waals surface area contributed by atoms with E-state index in [1.807, 2.05) is 0 Å². The maximum atomic E-state index is 13.1. The highest BCUT2D eigenvalue weighted by Gasteiger charge is 2.61. The van der Waals surface area contributed by atoms with E-state index in [9.17, 15) is 14.4 Å². The lowest BCUT2D eigenvalue weighted by Crippen LogP contribution is -2.33. The van der Waals surface area contributed by atoms with Crippen LogP contribution in [0.15, 0.2) is 29.8 Å². The van der Waals surface area contributed by atoms with Gasteiger partial charge in [0, 0.05) is 6.54 Å². The number of benzene rings is 1. The first kappa shape index (κ1) is 19.8. The number of hydrogen-bond donors (Lipinski definition) is 1. The maximum absolute atomic E-state index is 13.1. The van der Waals surface area contributed by atoms with Crippen LogP contribution in [0.5, 0.6) is 0 Å². The normalized spacial score (nSPS) is 29.9. The number of carbonyl (C=O) groups is 3. The molecule has 1 aliphatic heterocycles. The molecular weight excluding hydrogens is 400 g/mol. The minimum absolute atomic E-state index is 0.102. The highest BCUT2D eigenvalue weighted by Crippen LogP contribution is 2.56. The molecule has 4 aliphatic rings. The van der Waals surface area contributed by atoms with Crippen molar-refractivity contribution in [1.82, 2.24) is 5.32 Å². The Morgan fingerprint density at radius 1 is 1.10 bits per heavy atom. The number of rotatable bonds is 5. The molecule has 1 saturated heterocycles. The van der Waals surface area contributed by atoms with Crippen molar-refractivity contribution in [3.8, 4) is 0 Å². The molecule has 5 rings (SSSR count). The number of carbonyl (C=O) groups excluding carboxylic acids is 3. The summed E-state index contributed by atoms with van der Waals surface area (Å²) in [6.07, 6.45) is 10.9. The van der Waals surface area contributed by atoms with Gasteiger partial charge in [-0.3, -0.25) is 19.3 Å². The van der Waals surface area contributed by atoms with Gasteiger partial charge >= 0.3 is 0 Å². The Hall–Kier alpha value is -2.14. The summed E-state index contributed by atoms with van der Waals surface area (Å²) in [6.45, 7) is 0.556. The lowest BCUT2D eigenvalue weighted by Gasteiger charge is -2.19. The number of hydrogen-bond acceptors (Lipinski definition) is 3. The van der Waals surface area contributed by atoms with E-state index in [2.05, 4.69) is 11.4 Å². The lowest BCUT2D eigenvalue weighted by atomic mass is 9.81. The molecule has 0 aromatic heterocycles. The molecule has 4 atom stereocenters. The summed E-state index contributed by atoms with van der Waals surface area (Å²) in [6, 6.07) is 4.87. The van der Waals surface area contributed by atoms with Crippen LogP contribution in [0.1, 0.15) is 61.7 Å². The third kappa shape index (κ3) is 3.27. The zero-order valence-electron chi connectivity index (χ0n) is 17.0. The fourth-order valence-electron chi connectivity index (χ4n) is 6.05. The van der Waals surface area contributed by atoms with E-state index < -0.39 is 0 Å². The highest BCUT2D eigenvalue weighted by molar-refractivity contribution is 6.34. The van der Waals surface area contributed by atoms with Crippen LogP contribution < -0.4 is 10.2 Å². The SMILES string of the molecule is O=C(NCCC1=CCCCC1)c1cc(N2C(=O)[C@@H]3[C@H]4CC[C@@H](C4)[C@H]3C2=O)ccc1Cl. The molecule has 1 aromatic carbocycles. The summed E-state index contributed by atoms with van der Waals surface area (Å²) < 4.78 is 0. The predicted octanol–water partition coefficient (Wildman–Crippen LogP) is 4.50. The van der Waals surface area contributed by atoms with Gasteiger partial charge in [-0.25, -0.2) is 0 Å². The summed E-state index contributed by atoms with van der Waals surface area (Å²) in [5, 5.41) is 3.27. The second-order valence-corrected chi connectivity index (χ2v) is 9.58. The molecule has 3 fully saturated rings. The van der Waals surface area contributed by atoms with E-state index in [1.54, 1.807) is 18.2 Å². The van der Waals surface area contributed by atoms with Crippen LogP contribution in [-0.4, -0.2) is 24.3 Å². The number of halogens is 1. The Morgan fingerprint density at radius 3 is 2.50 bits per heavy atom. The number of fused-ring (bicyclic) bond motifs is 5. The van der Waals surface area contributed by atoms with E-state index >= 15 is 0 Å². The Labute approximate surface area is 181 Å². The highest BCUT2D eigenvalue weighted by atomic mass is 35.5. The van der Waals surface area contributed by atoms with Crippen molar-refractivity contribution in [2.75, 3.05) is 11.4 Å². The summed E-state index contributed by atoms with van der Waals surface area (Å²) in [7, 11) is 0. The third-order valence-corrected chi connectivity index (χ3v) is 7.83. The van der Waals surface area contributed by atoms with E-state index in [4.69, 9.17) is 11.6 Å². The molecule has 3 aliphatic carbocycles. The van der Waals surface area contributed by atoms with E-state index in [0.717, 1.165) is 38.5 Å². The maximum Gasteiger partial charge on any atom is 0.252 e. The molecule has 2 bridgehead atoms. The van der Waals surface area contributed by atoms with Crippen molar-refractivity contribution < 1.29 is 14.4 Å². The molecule has 2 saturated carbocycles. The number of amides is 3. The smallest absolute Gasteiger partial charge is 0.252 e. The van der Waals surface area contributed by atoms with E-state index in [1.165, 1.54) is 23.3 Å². The van der Waals surface area contributed by atoms with Crippen LogP contribution in [0.3, 0.4) is 0 Å². The molecule has 30 heavy (non-hydrogen) atoms. The molecule has 158 valence electrons. The lowest BCUT2D eigenvalue weighted by molar-refractivity contribution is -0.123. The van der Waals surface area contributed by atoms with Crippen LogP contribution in [0.4, 0.5) is 5.69 Å². The molecule has 5 nitrogen and oxygen atoms in total. The Bertz CT molecular complexity index is 912. The van der Waals surface area contributed by atoms with Gasteiger partial charge in [0.15, 0.2) is 0 Å². The van der Waals surface area contributed by atoms with Gasteiger partial charge in [-0.1, -0.05) is 23.3 Å². The van der Waals surface area contributed by atoms with Crippen molar-refractivity contribution >= 4 is 35.0 Å². The summed E-state index contributed by atoms with van der Waals surface area (Å²) in [5.74, 6) is -0.139. The van der Waals surface area contributed by atoms with Crippen LogP contribution in [-0.2, 0) is 9.59 Å². The first-order chi connectivity index (χ1) is 14.5. The van der Waals surface area contributed by atoms with Gasteiger partial charge in [0.1, 0.15) is 0 Å². The Balaban J connectivity index is 1.31. The molecule has 6 heteroatoms. The molecule has 0 spiro atoms. The Morgan fingerprint density at radius 2 is 1.83 bits per heavy atom. The van der Waals surface area contributed by atoms with Crippen LogP contribution >= 0.6 is 11.6 Å². The molecule has 1 heterocycles. The zero-order valence-corrected chi connectivity index (χ0v) is 17.8. The minimum atomic E-state index is -0.266. The first-order valence-corrected chi connectivity index (χ1v) is 11.6. The van der Waals surface area contributed by atoms with E-state index in [0.29, 0.717) is 34.7 Å². The second-order valence-electron chi connectivity index (χ2n) is 9.17. The molecule has 1 aromatic rings. The monoisotopic (exact) mass is 426 g/mol. The molecule has 0 unspecified atom stereocenters. The van der Waals surface area contributed by atoms with E-state index in [-0.39, 0.29) is 29.6 Å². The fraction of sp³-hybridized carbons (Fsp3) is 0.542. The summed E-state index contributed by atoms with van der Waals surface area (Å²) in [4.78, 5) is 40.2. The Kier molecular flexibility index (Phi) is 5.18. The second kappa shape index (κ2) is 7.84. The number of allylic oxidation sites excluding steroid dienone is 1. The van der Waals surface area contributed by atoms with Crippen molar-refractivity contribution in [1.29, 1.82) is 0 Å². The zero-order chi connectivity index (χ0) is 20.8. The number of anilines is 1. The van der Waals surface area contributed by atoms with Gasteiger partial charge in [-0.05, 0) is 81.4 Å². The molecule has 0 radical (unpaired) electrons. The predicted molar refractivity (Wildman–Crippen MR) is 115 cm³/mol. The molecule has 3 amide bonds. The van der Waals surface area contributed by atoms with Gasteiger partial charge in [-0.15, -0.1) is 0 Å². The van der Waals surface area contributed by atoms with Gasteiger partial charge in [0.2, 0.25) is 11.8 Å². The average molecular weight is 427 g/mol. The van der Waals surface area contributed by atoms with Crippen molar-refractivity contribution in [3.05, 3.63) is 40.4 Å². The minimum Gasteiger partial charge on any atom is -0.352 e. The van der Waals surface area contributed by atoms with Crippen LogP contribution in [0, 0.1) is 23.7 Å². The number of imide groups is 1. The number of nitrogens with one attached hydrogen (secondary N) is 1. The quantitative estimate of drug-likeness (QED) is 0.557. The van der Waals surface area contributed by atoms with Gasteiger partial charge in [0.05, 0.1) is 28.1 Å². The third-order valence-electron chi connectivity index (χ3n) is 7.50. The average Bonchev–Trinajstić information content (AvgIpc) is 3.43. The summed E-state index contributed by atoms with van der Waals surface area (Å²) >= 11 is 6.29. The topological polar surface area (TPSA) is 66.5 Å². The first-order valence-electron chi connectivity index (χ1n) is 11.2. The molecule has 1 N–H and O–H groups in total. The van der Waals surface area contributed by atoms with Crippen LogP contribution in [0.2, 0.25) is 5.02 Å². The fourth-order valence-corrected chi connectivity index (χ4v) is 6.26.